The number of nitrogen functional groups attached to an aromatic ring is 1. The van der Waals surface area contributed by atoms with Crippen molar-refractivity contribution in [3.8, 4) is 23.0 Å². The molecule has 2 heterocycles. The monoisotopic (exact) mass is 321 g/mol. The molecule has 0 aliphatic heterocycles. The van der Waals surface area contributed by atoms with Crippen molar-refractivity contribution in [3.05, 3.63) is 28.2 Å². The van der Waals surface area contributed by atoms with Gasteiger partial charge in [-0.15, -0.1) is 0 Å². The Morgan fingerprint density at radius 3 is 2.74 bits per heavy atom. The van der Waals surface area contributed by atoms with Crippen LogP contribution in [0, 0.1) is 6.92 Å². The standard InChI is InChI=1S/C11H8BrN5O2/c1-5-2-3-6(7(12)4-5)10-14-11(18-17-10)8-9(13)16-19-15-8/h2-4H,1H3,(H2,13,16). The van der Waals surface area contributed by atoms with Crippen molar-refractivity contribution >= 4 is 21.7 Å². The number of aryl methyl sites for hydroxylation is 1. The van der Waals surface area contributed by atoms with Crippen molar-refractivity contribution < 1.29 is 9.15 Å². The zero-order valence-electron chi connectivity index (χ0n) is 9.79. The van der Waals surface area contributed by atoms with Crippen molar-refractivity contribution in [1.82, 2.24) is 20.5 Å². The van der Waals surface area contributed by atoms with Gasteiger partial charge in [-0.25, -0.2) is 4.63 Å². The Labute approximate surface area is 115 Å². The molecule has 0 radical (unpaired) electrons. The van der Waals surface area contributed by atoms with Gasteiger partial charge in [0.1, 0.15) is 0 Å². The summed E-state index contributed by atoms with van der Waals surface area (Å²) < 4.78 is 10.5. The first kappa shape index (κ1) is 11.8. The molecule has 3 rings (SSSR count). The van der Waals surface area contributed by atoms with Gasteiger partial charge in [-0.3, -0.25) is 0 Å². The van der Waals surface area contributed by atoms with E-state index in [1.165, 1.54) is 0 Å². The quantitative estimate of drug-likeness (QED) is 0.772. The van der Waals surface area contributed by atoms with E-state index in [1.807, 2.05) is 25.1 Å². The minimum absolute atomic E-state index is 0.109. The molecular formula is C11H8BrN5O2. The molecule has 0 unspecified atom stereocenters. The van der Waals surface area contributed by atoms with Gasteiger partial charge < -0.3 is 10.3 Å². The third-order valence-corrected chi connectivity index (χ3v) is 3.16. The first-order valence-corrected chi connectivity index (χ1v) is 6.13. The first-order valence-electron chi connectivity index (χ1n) is 5.34. The topological polar surface area (TPSA) is 104 Å². The molecule has 0 spiro atoms. The van der Waals surface area contributed by atoms with E-state index in [2.05, 4.69) is 41.0 Å². The molecule has 0 saturated heterocycles. The van der Waals surface area contributed by atoms with Crippen molar-refractivity contribution in [2.24, 2.45) is 0 Å². The second-order valence-corrected chi connectivity index (χ2v) is 4.76. The van der Waals surface area contributed by atoms with Gasteiger partial charge in [0.2, 0.25) is 17.3 Å². The van der Waals surface area contributed by atoms with Crippen molar-refractivity contribution in [2.75, 3.05) is 5.73 Å². The van der Waals surface area contributed by atoms with Crippen LogP contribution in [0.1, 0.15) is 5.56 Å². The number of nitrogens with zero attached hydrogens (tertiary/aromatic N) is 4. The molecule has 19 heavy (non-hydrogen) atoms. The summed E-state index contributed by atoms with van der Waals surface area (Å²) in [6.07, 6.45) is 0. The lowest BCUT2D eigenvalue weighted by Gasteiger charge is -1.99. The van der Waals surface area contributed by atoms with Crippen molar-refractivity contribution in [2.45, 2.75) is 6.92 Å². The molecule has 96 valence electrons. The lowest BCUT2D eigenvalue weighted by molar-refractivity contribution is 0.308. The van der Waals surface area contributed by atoms with E-state index in [4.69, 9.17) is 10.3 Å². The van der Waals surface area contributed by atoms with Gasteiger partial charge in [-0.1, -0.05) is 27.2 Å². The minimum atomic E-state index is 0.109. The van der Waals surface area contributed by atoms with E-state index < -0.39 is 0 Å². The third kappa shape index (κ3) is 2.10. The Hall–Kier alpha value is -2.22. The van der Waals surface area contributed by atoms with Crippen LogP contribution < -0.4 is 5.73 Å². The van der Waals surface area contributed by atoms with Gasteiger partial charge in [0.05, 0.1) is 0 Å². The largest absolute Gasteiger partial charge is 0.379 e. The van der Waals surface area contributed by atoms with E-state index in [1.54, 1.807) is 0 Å². The predicted octanol–water partition coefficient (Wildman–Crippen LogP) is 2.44. The Morgan fingerprint density at radius 2 is 2.05 bits per heavy atom. The zero-order chi connectivity index (χ0) is 13.4. The summed E-state index contributed by atoms with van der Waals surface area (Å²) in [4.78, 5) is 4.22. The van der Waals surface area contributed by atoms with Crippen LogP contribution in [0.2, 0.25) is 0 Å². The van der Waals surface area contributed by atoms with Gasteiger partial charge in [0.15, 0.2) is 0 Å². The zero-order valence-corrected chi connectivity index (χ0v) is 11.4. The van der Waals surface area contributed by atoms with Gasteiger partial charge in [-0.05, 0) is 34.9 Å². The Kier molecular flexibility index (Phi) is 2.79. The van der Waals surface area contributed by atoms with Crippen LogP contribution >= 0.6 is 15.9 Å². The second-order valence-electron chi connectivity index (χ2n) is 3.90. The van der Waals surface area contributed by atoms with E-state index in [0.29, 0.717) is 5.82 Å². The highest BCUT2D eigenvalue weighted by atomic mass is 79.9. The summed E-state index contributed by atoms with van der Waals surface area (Å²) in [7, 11) is 0. The van der Waals surface area contributed by atoms with Gasteiger partial charge in [0.25, 0.3) is 5.89 Å². The van der Waals surface area contributed by atoms with Crippen LogP contribution in [0.5, 0.6) is 0 Å². The third-order valence-electron chi connectivity index (χ3n) is 2.51. The van der Waals surface area contributed by atoms with Crippen LogP contribution in [0.15, 0.2) is 31.8 Å². The second kappa shape index (κ2) is 4.47. The highest BCUT2D eigenvalue weighted by Gasteiger charge is 2.18. The Bertz CT molecular complexity index is 736. The molecular weight excluding hydrogens is 314 g/mol. The maximum Gasteiger partial charge on any atom is 0.284 e. The summed E-state index contributed by atoms with van der Waals surface area (Å²) >= 11 is 3.46. The van der Waals surface area contributed by atoms with Crippen LogP contribution in [-0.4, -0.2) is 20.5 Å². The van der Waals surface area contributed by atoms with Crippen LogP contribution in [0.3, 0.4) is 0 Å². The number of hydrogen-bond donors (Lipinski definition) is 1. The molecule has 0 amide bonds. The molecule has 0 saturated carbocycles. The fourth-order valence-electron chi connectivity index (χ4n) is 1.57. The maximum atomic E-state index is 5.57. The summed E-state index contributed by atoms with van der Waals surface area (Å²) in [5, 5.41) is 11.0. The highest BCUT2D eigenvalue weighted by Crippen LogP contribution is 2.29. The number of rotatable bonds is 2. The summed E-state index contributed by atoms with van der Waals surface area (Å²) in [5.41, 5.74) is 7.75. The molecule has 0 bridgehead atoms. The molecule has 1 aromatic carbocycles. The van der Waals surface area contributed by atoms with Gasteiger partial charge in [-0.2, -0.15) is 4.98 Å². The molecule has 2 N–H and O–H groups in total. The van der Waals surface area contributed by atoms with E-state index in [0.717, 1.165) is 15.6 Å². The molecule has 0 fully saturated rings. The fraction of sp³-hybridized carbons (Fsp3) is 0.0909. The van der Waals surface area contributed by atoms with E-state index in [-0.39, 0.29) is 17.4 Å². The number of hydrogen-bond acceptors (Lipinski definition) is 7. The SMILES string of the molecule is Cc1ccc(-c2noc(-c3nonc3N)n2)c(Br)c1. The molecule has 0 atom stereocenters. The normalized spacial score (nSPS) is 10.8. The molecule has 2 aromatic heterocycles. The average molecular weight is 322 g/mol. The lowest BCUT2D eigenvalue weighted by Crippen LogP contribution is -1.89. The van der Waals surface area contributed by atoms with Crippen LogP contribution in [0.25, 0.3) is 23.0 Å². The average Bonchev–Trinajstić information content (AvgIpc) is 2.97. The molecule has 7 nitrogen and oxygen atoms in total. The lowest BCUT2D eigenvalue weighted by atomic mass is 10.1. The summed E-state index contributed by atoms with van der Waals surface area (Å²) in [6.45, 7) is 2.00. The van der Waals surface area contributed by atoms with Crippen molar-refractivity contribution in [1.29, 1.82) is 0 Å². The van der Waals surface area contributed by atoms with Gasteiger partial charge >= 0.3 is 0 Å². The molecule has 8 heteroatoms. The van der Waals surface area contributed by atoms with E-state index in [9.17, 15) is 0 Å². The van der Waals surface area contributed by atoms with Gasteiger partial charge in [0, 0.05) is 10.0 Å². The first-order chi connectivity index (χ1) is 9.15. The number of aromatic nitrogens is 4. The Balaban J connectivity index is 2.04. The maximum absolute atomic E-state index is 5.57. The molecule has 0 aliphatic rings. The highest BCUT2D eigenvalue weighted by molar-refractivity contribution is 9.10. The fourth-order valence-corrected chi connectivity index (χ4v) is 2.24. The smallest absolute Gasteiger partial charge is 0.284 e. The summed E-state index contributed by atoms with van der Waals surface area (Å²) in [5.74, 6) is 0.712. The Morgan fingerprint density at radius 1 is 1.21 bits per heavy atom. The predicted molar refractivity (Wildman–Crippen MR) is 69.9 cm³/mol. The number of anilines is 1. The van der Waals surface area contributed by atoms with Crippen LogP contribution in [0.4, 0.5) is 5.82 Å². The number of halogens is 1. The summed E-state index contributed by atoms with van der Waals surface area (Å²) in [6, 6.07) is 5.83. The minimum Gasteiger partial charge on any atom is -0.379 e. The van der Waals surface area contributed by atoms with Crippen LogP contribution in [-0.2, 0) is 0 Å². The molecule has 0 aliphatic carbocycles. The van der Waals surface area contributed by atoms with Crippen molar-refractivity contribution in [3.63, 3.8) is 0 Å². The number of nitrogens with two attached hydrogens (primary N) is 1. The number of benzene rings is 1. The van der Waals surface area contributed by atoms with E-state index >= 15 is 0 Å². The molecule has 3 aromatic rings.